The third-order valence-corrected chi connectivity index (χ3v) is 5.37. The summed E-state index contributed by atoms with van der Waals surface area (Å²) in [6.45, 7) is 2.76. The van der Waals surface area contributed by atoms with Gasteiger partial charge in [0.1, 0.15) is 5.75 Å². The molecule has 1 aromatic carbocycles. The zero-order chi connectivity index (χ0) is 15.7. The van der Waals surface area contributed by atoms with Crippen LogP contribution in [0.15, 0.2) is 29.6 Å². The van der Waals surface area contributed by atoms with Crippen LogP contribution in [-0.2, 0) is 11.2 Å². The van der Waals surface area contributed by atoms with Crippen molar-refractivity contribution >= 4 is 40.4 Å². The molecular weight excluding hydrogens is 341 g/mol. The fraction of sp³-hybridized carbons (Fsp3) is 0.312. The SMILES string of the molecule is C[C@@H]1c2ccsc2CCN1C(=O)COc1ccc(Cl)cc1Cl. The highest BCUT2D eigenvalue weighted by Crippen LogP contribution is 2.33. The largest absolute Gasteiger partial charge is 0.482 e. The average molecular weight is 356 g/mol. The van der Waals surface area contributed by atoms with E-state index < -0.39 is 0 Å². The van der Waals surface area contributed by atoms with Crippen molar-refractivity contribution in [3.05, 3.63) is 50.1 Å². The van der Waals surface area contributed by atoms with Gasteiger partial charge in [-0.25, -0.2) is 0 Å². The number of halogens is 2. The van der Waals surface area contributed by atoms with Crippen LogP contribution >= 0.6 is 34.5 Å². The van der Waals surface area contributed by atoms with E-state index in [0.717, 1.165) is 13.0 Å². The second-order valence-corrected chi connectivity index (χ2v) is 7.02. The second-order valence-electron chi connectivity index (χ2n) is 5.18. The molecule has 3 nitrogen and oxygen atoms in total. The van der Waals surface area contributed by atoms with Crippen LogP contribution in [0.1, 0.15) is 23.4 Å². The van der Waals surface area contributed by atoms with Crippen molar-refractivity contribution in [1.29, 1.82) is 0 Å². The molecule has 0 saturated heterocycles. The smallest absolute Gasteiger partial charge is 0.261 e. The van der Waals surface area contributed by atoms with Crippen molar-refractivity contribution in [2.45, 2.75) is 19.4 Å². The molecule has 116 valence electrons. The van der Waals surface area contributed by atoms with Gasteiger partial charge in [0.05, 0.1) is 11.1 Å². The van der Waals surface area contributed by atoms with Gasteiger partial charge in [-0.3, -0.25) is 4.79 Å². The number of hydrogen-bond donors (Lipinski definition) is 0. The van der Waals surface area contributed by atoms with Crippen LogP contribution in [0, 0.1) is 0 Å². The maximum atomic E-state index is 12.4. The molecule has 0 fully saturated rings. The summed E-state index contributed by atoms with van der Waals surface area (Å²) in [5, 5.41) is 3.03. The van der Waals surface area contributed by atoms with Crippen LogP contribution in [-0.4, -0.2) is 24.0 Å². The summed E-state index contributed by atoms with van der Waals surface area (Å²) in [4.78, 5) is 15.7. The number of benzene rings is 1. The Bertz CT molecular complexity index is 701. The summed E-state index contributed by atoms with van der Waals surface area (Å²) in [7, 11) is 0. The van der Waals surface area contributed by atoms with Gasteiger partial charge in [0, 0.05) is 16.4 Å². The number of hydrogen-bond acceptors (Lipinski definition) is 3. The zero-order valence-electron chi connectivity index (χ0n) is 12.0. The van der Waals surface area contributed by atoms with E-state index in [1.165, 1.54) is 10.4 Å². The number of thiophene rings is 1. The number of nitrogens with zero attached hydrogens (tertiary/aromatic N) is 1. The molecule has 0 N–H and O–H groups in total. The summed E-state index contributed by atoms with van der Waals surface area (Å²) in [5.41, 5.74) is 1.24. The van der Waals surface area contributed by atoms with Crippen LogP contribution in [0.25, 0.3) is 0 Å². The lowest BCUT2D eigenvalue weighted by molar-refractivity contribution is -0.135. The van der Waals surface area contributed by atoms with E-state index in [1.807, 2.05) is 4.90 Å². The van der Waals surface area contributed by atoms with Gasteiger partial charge in [-0.1, -0.05) is 23.2 Å². The maximum absolute atomic E-state index is 12.4. The van der Waals surface area contributed by atoms with Gasteiger partial charge in [0.15, 0.2) is 6.61 Å². The Kier molecular flexibility index (Phi) is 4.62. The van der Waals surface area contributed by atoms with Crippen LogP contribution in [0.2, 0.25) is 10.0 Å². The first-order valence-electron chi connectivity index (χ1n) is 7.00. The number of fused-ring (bicyclic) bond motifs is 1. The maximum Gasteiger partial charge on any atom is 0.261 e. The summed E-state index contributed by atoms with van der Waals surface area (Å²) in [5.74, 6) is 0.440. The highest BCUT2D eigenvalue weighted by molar-refractivity contribution is 7.10. The third-order valence-electron chi connectivity index (χ3n) is 3.84. The van der Waals surface area contributed by atoms with Gasteiger partial charge in [0.25, 0.3) is 5.91 Å². The van der Waals surface area contributed by atoms with E-state index in [1.54, 1.807) is 29.5 Å². The van der Waals surface area contributed by atoms with Gasteiger partial charge < -0.3 is 9.64 Å². The van der Waals surface area contributed by atoms with Crippen LogP contribution in [0.4, 0.5) is 0 Å². The second kappa shape index (κ2) is 6.49. The number of carbonyl (C=O) groups excluding carboxylic acids is 1. The molecule has 1 aliphatic heterocycles. The van der Waals surface area contributed by atoms with Gasteiger partial charge >= 0.3 is 0 Å². The van der Waals surface area contributed by atoms with Crippen molar-refractivity contribution in [2.75, 3.05) is 13.2 Å². The number of carbonyl (C=O) groups is 1. The normalized spacial score (nSPS) is 17.2. The molecule has 0 saturated carbocycles. The molecule has 0 spiro atoms. The molecule has 1 aliphatic rings. The highest BCUT2D eigenvalue weighted by atomic mass is 35.5. The molecule has 22 heavy (non-hydrogen) atoms. The number of amides is 1. The summed E-state index contributed by atoms with van der Waals surface area (Å²) in [6, 6.07) is 7.15. The molecule has 2 heterocycles. The molecule has 2 aromatic rings. The van der Waals surface area contributed by atoms with E-state index in [4.69, 9.17) is 27.9 Å². The molecule has 1 amide bonds. The Hall–Kier alpha value is -1.23. The fourth-order valence-corrected chi connectivity index (χ4v) is 4.09. The van der Waals surface area contributed by atoms with Crippen molar-refractivity contribution in [3.8, 4) is 5.75 Å². The van der Waals surface area contributed by atoms with Crippen molar-refractivity contribution in [1.82, 2.24) is 4.90 Å². The summed E-state index contributed by atoms with van der Waals surface area (Å²) >= 11 is 13.6. The Morgan fingerprint density at radius 3 is 3.00 bits per heavy atom. The summed E-state index contributed by atoms with van der Waals surface area (Å²) < 4.78 is 5.55. The highest BCUT2D eigenvalue weighted by Gasteiger charge is 2.28. The molecule has 6 heteroatoms. The first-order valence-corrected chi connectivity index (χ1v) is 8.63. The minimum atomic E-state index is -0.0321. The molecule has 0 unspecified atom stereocenters. The quantitative estimate of drug-likeness (QED) is 0.806. The van der Waals surface area contributed by atoms with Gasteiger partial charge in [-0.2, -0.15) is 0 Å². The fourth-order valence-electron chi connectivity index (χ4n) is 2.66. The van der Waals surface area contributed by atoms with E-state index in [2.05, 4.69) is 18.4 Å². The molecule has 3 rings (SSSR count). The number of ether oxygens (including phenoxy) is 1. The standard InChI is InChI=1S/C16H15Cl2NO2S/c1-10-12-5-7-22-15(12)4-6-19(10)16(20)9-21-14-3-2-11(17)8-13(14)18/h2-3,5,7-8,10H,4,6,9H2,1H3/t10-/m1/s1. The lowest BCUT2D eigenvalue weighted by Gasteiger charge is -2.33. The molecule has 0 radical (unpaired) electrons. The van der Waals surface area contributed by atoms with E-state index >= 15 is 0 Å². The minimum Gasteiger partial charge on any atom is -0.482 e. The Morgan fingerprint density at radius 2 is 2.23 bits per heavy atom. The Balaban J connectivity index is 1.65. The van der Waals surface area contributed by atoms with Crippen LogP contribution in [0.3, 0.4) is 0 Å². The first-order chi connectivity index (χ1) is 10.6. The minimum absolute atomic E-state index is 0.0227. The Morgan fingerprint density at radius 1 is 1.41 bits per heavy atom. The predicted molar refractivity (Wildman–Crippen MR) is 90.1 cm³/mol. The molecule has 0 bridgehead atoms. The molecule has 1 aromatic heterocycles. The van der Waals surface area contributed by atoms with E-state index in [9.17, 15) is 4.79 Å². The van der Waals surface area contributed by atoms with Crippen molar-refractivity contribution in [3.63, 3.8) is 0 Å². The lowest BCUT2D eigenvalue weighted by Crippen LogP contribution is -2.40. The lowest BCUT2D eigenvalue weighted by atomic mass is 10.0. The number of rotatable bonds is 3. The van der Waals surface area contributed by atoms with Gasteiger partial charge in [-0.05, 0) is 48.6 Å². The average Bonchev–Trinajstić information content (AvgIpc) is 2.96. The van der Waals surface area contributed by atoms with Crippen LogP contribution in [0.5, 0.6) is 5.75 Å². The van der Waals surface area contributed by atoms with Crippen LogP contribution < -0.4 is 4.74 Å². The molecule has 1 atom stereocenters. The van der Waals surface area contributed by atoms with Crippen molar-refractivity contribution < 1.29 is 9.53 Å². The van der Waals surface area contributed by atoms with Gasteiger partial charge in [-0.15, -0.1) is 11.3 Å². The van der Waals surface area contributed by atoms with E-state index in [0.29, 0.717) is 15.8 Å². The van der Waals surface area contributed by atoms with E-state index in [-0.39, 0.29) is 18.6 Å². The third kappa shape index (κ3) is 3.09. The zero-order valence-corrected chi connectivity index (χ0v) is 14.3. The first kappa shape index (κ1) is 15.7. The van der Waals surface area contributed by atoms with Gasteiger partial charge in [0.2, 0.25) is 0 Å². The Labute approximate surface area is 143 Å². The van der Waals surface area contributed by atoms with Crippen molar-refractivity contribution in [2.24, 2.45) is 0 Å². The predicted octanol–water partition coefficient (Wildman–Crippen LogP) is 4.58. The molecular formula is C16H15Cl2NO2S. The monoisotopic (exact) mass is 355 g/mol. The molecule has 0 aliphatic carbocycles. The summed E-state index contributed by atoms with van der Waals surface area (Å²) in [6.07, 6.45) is 0.908. The topological polar surface area (TPSA) is 29.5 Å².